The van der Waals surface area contributed by atoms with Crippen LogP contribution in [0.2, 0.25) is 0 Å². The van der Waals surface area contributed by atoms with Gasteiger partial charge in [0, 0.05) is 30.8 Å². The Hall–Kier alpha value is -2.80. The molecule has 30 heavy (non-hydrogen) atoms. The molecule has 0 radical (unpaired) electrons. The topological polar surface area (TPSA) is 51.2 Å². The fourth-order valence-corrected chi connectivity index (χ4v) is 6.53. The summed E-state index contributed by atoms with van der Waals surface area (Å²) in [7, 11) is -3.28. The van der Waals surface area contributed by atoms with Crippen molar-refractivity contribution in [3.8, 4) is 20.9 Å². The predicted molar refractivity (Wildman–Crippen MR) is 127 cm³/mol. The van der Waals surface area contributed by atoms with Crippen molar-refractivity contribution in [2.45, 2.75) is 4.90 Å². The summed E-state index contributed by atoms with van der Waals surface area (Å²) in [5.41, 5.74) is 1.51. The van der Waals surface area contributed by atoms with Crippen molar-refractivity contribution in [2.24, 2.45) is 0 Å². The van der Waals surface area contributed by atoms with Gasteiger partial charge in [-0.05, 0) is 47.3 Å². The summed E-state index contributed by atoms with van der Waals surface area (Å²) in [6, 6.07) is 24.5. The van der Waals surface area contributed by atoms with Crippen molar-refractivity contribution >= 4 is 52.7 Å². The van der Waals surface area contributed by atoms with E-state index in [1.807, 2.05) is 42.5 Å². The lowest BCUT2D eigenvalue weighted by Crippen LogP contribution is -2.05. The van der Waals surface area contributed by atoms with E-state index in [-0.39, 0.29) is 10.3 Å². The Morgan fingerprint density at radius 3 is 2.13 bits per heavy atom. The van der Waals surface area contributed by atoms with Gasteiger partial charge in [0.05, 0.1) is 10.5 Å². The van der Waals surface area contributed by atoms with E-state index in [1.165, 1.54) is 6.26 Å². The first-order valence-corrected chi connectivity index (χ1v) is 12.8. The largest absolute Gasteiger partial charge is 0.288 e. The van der Waals surface area contributed by atoms with Crippen LogP contribution < -0.4 is 5.43 Å². The van der Waals surface area contributed by atoms with Crippen molar-refractivity contribution in [1.82, 2.24) is 0 Å². The zero-order chi connectivity index (χ0) is 20.9. The van der Waals surface area contributed by atoms with Gasteiger partial charge < -0.3 is 0 Å². The SMILES string of the molecule is CS(=O)(=O)c1ccc(-c2sc3ccccc3c(=O)c2-c2cc3ccccc3s2)cc1. The van der Waals surface area contributed by atoms with E-state index in [0.717, 1.165) is 30.1 Å². The van der Waals surface area contributed by atoms with Crippen LogP contribution in [0, 0.1) is 0 Å². The van der Waals surface area contributed by atoms with E-state index in [9.17, 15) is 13.2 Å². The van der Waals surface area contributed by atoms with Crippen LogP contribution in [0.3, 0.4) is 0 Å². The lowest BCUT2D eigenvalue weighted by Gasteiger charge is -2.10. The molecule has 3 aromatic carbocycles. The smallest absolute Gasteiger partial charge is 0.197 e. The number of benzene rings is 3. The molecule has 2 heterocycles. The van der Waals surface area contributed by atoms with Crippen molar-refractivity contribution in [3.63, 3.8) is 0 Å². The zero-order valence-corrected chi connectivity index (χ0v) is 18.4. The summed E-state index contributed by atoms with van der Waals surface area (Å²) in [5, 5.41) is 1.81. The maximum Gasteiger partial charge on any atom is 0.197 e. The third kappa shape index (κ3) is 3.27. The van der Waals surface area contributed by atoms with Crippen LogP contribution >= 0.6 is 22.7 Å². The van der Waals surface area contributed by atoms with Gasteiger partial charge in [0.25, 0.3) is 0 Å². The Morgan fingerprint density at radius 2 is 1.43 bits per heavy atom. The number of hydrogen-bond acceptors (Lipinski definition) is 5. The summed E-state index contributed by atoms with van der Waals surface area (Å²) in [6.07, 6.45) is 1.19. The fourth-order valence-electron chi connectivity index (χ4n) is 3.53. The molecule has 2 aromatic heterocycles. The summed E-state index contributed by atoms with van der Waals surface area (Å²) in [5.74, 6) is 0. The molecule has 3 nitrogen and oxygen atoms in total. The van der Waals surface area contributed by atoms with Gasteiger partial charge in [-0.25, -0.2) is 8.42 Å². The third-order valence-corrected chi connectivity index (χ3v) is 8.50. The molecule has 0 bridgehead atoms. The van der Waals surface area contributed by atoms with Gasteiger partial charge in [0.15, 0.2) is 15.3 Å². The second-order valence-electron chi connectivity index (χ2n) is 7.08. The molecule has 0 N–H and O–H groups in total. The second-order valence-corrected chi connectivity index (χ2v) is 11.2. The van der Waals surface area contributed by atoms with E-state index < -0.39 is 9.84 Å². The molecule has 0 amide bonds. The number of fused-ring (bicyclic) bond motifs is 2. The predicted octanol–water partition coefficient (Wildman–Crippen LogP) is 6.21. The maximum atomic E-state index is 13.5. The fraction of sp³-hybridized carbons (Fsp3) is 0.0417. The first kappa shape index (κ1) is 19.2. The van der Waals surface area contributed by atoms with E-state index in [4.69, 9.17) is 0 Å². The Kier molecular flexibility index (Phi) is 4.58. The Balaban J connectivity index is 1.82. The highest BCUT2D eigenvalue weighted by Gasteiger charge is 2.18. The quantitative estimate of drug-likeness (QED) is 0.329. The monoisotopic (exact) mass is 448 g/mol. The molecule has 0 aliphatic rings. The number of thiophene rings is 1. The Labute approximate surface area is 181 Å². The van der Waals surface area contributed by atoms with Gasteiger partial charge in [-0.15, -0.1) is 22.7 Å². The van der Waals surface area contributed by atoms with Crippen LogP contribution in [0.5, 0.6) is 0 Å². The minimum Gasteiger partial charge on any atom is -0.288 e. The van der Waals surface area contributed by atoms with Gasteiger partial charge in [0.2, 0.25) is 0 Å². The molecule has 0 aliphatic carbocycles. The molecule has 0 atom stereocenters. The molecule has 5 rings (SSSR count). The molecule has 6 heteroatoms. The average molecular weight is 449 g/mol. The van der Waals surface area contributed by atoms with Crippen LogP contribution in [0.15, 0.2) is 88.6 Å². The molecule has 0 aliphatic heterocycles. The number of sulfone groups is 1. The molecule has 5 aromatic rings. The Morgan fingerprint density at radius 1 is 0.767 bits per heavy atom. The molecule has 0 saturated carbocycles. The lowest BCUT2D eigenvalue weighted by atomic mass is 10.1. The minimum atomic E-state index is -3.28. The van der Waals surface area contributed by atoms with Crippen LogP contribution in [-0.2, 0) is 9.84 Å². The molecular formula is C24H16O3S3. The second kappa shape index (κ2) is 7.16. The highest BCUT2D eigenvalue weighted by atomic mass is 32.2. The highest BCUT2D eigenvalue weighted by Crippen LogP contribution is 2.41. The van der Waals surface area contributed by atoms with Gasteiger partial charge in [0.1, 0.15) is 0 Å². The summed E-state index contributed by atoms with van der Waals surface area (Å²) in [4.78, 5) is 15.6. The van der Waals surface area contributed by atoms with Crippen LogP contribution in [-0.4, -0.2) is 14.7 Å². The normalized spacial score (nSPS) is 11.9. The van der Waals surface area contributed by atoms with Crippen molar-refractivity contribution < 1.29 is 8.42 Å². The van der Waals surface area contributed by atoms with E-state index in [0.29, 0.717) is 10.9 Å². The first-order valence-electron chi connectivity index (χ1n) is 9.27. The van der Waals surface area contributed by atoms with Gasteiger partial charge in [-0.3, -0.25) is 4.79 Å². The standard InChI is InChI=1S/C24H16O3S3/c1-30(26,27)17-12-10-15(11-13-17)24-22(21-14-16-6-2-4-8-19(16)28-21)23(25)18-7-3-5-9-20(18)29-24/h2-14H,1H3. The highest BCUT2D eigenvalue weighted by molar-refractivity contribution is 7.90. The third-order valence-electron chi connectivity index (χ3n) is 5.01. The summed E-state index contributed by atoms with van der Waals surface area (Å²) < 4.78 is 25.7. The summed E-state index contributed by atoms with van der Waals surface area (Å²) >= 11 is 3.16. The van der Waals surface area contributed by atoms with Crippen molar-refractivity contribution in [1.29, 1.82) is 0 Å². The van der Waals surface area contributed by atoms with Crippen molar-refractivity contribution in [2.75, 3.05) is 6.26 Å². The molecule has 0 saturated heterocycles. The first-order chi connectivity index (χ1) is 14.4. The Bertz CT molecular complexity index is 1540. The van der Waals surface area contributed by atoms with E-state index in [1.54, 1.807) is 46.9 Å². The summed E-state index contributed by atoms with van der Waals surface area (Å²) in [6.45, 7) is 0. The van der Waals surface area contributed by atoms with Crippen LogP contribution in [0.1, 0.15) is 0 Å². The van der Waals surface area contributed by atoms with Crippen LogP contribution in [0.4, 0.5) is 0 Å². The van der Waals surface area contributed by atoms with Crippen molar-refractivity contribution in [3.05, 3.63) is 89.1 Å². The average Bonchev–Trinajstić information content (AvgIpc) is 3.17. The molecule has 0 spiro atoms. The van der Waals surface area contributed by atoms with Gasteiger partial charge >= 0.3 is 0 Å². The molecular weight excluding hydrogens is 432 g/mol. The number of hydrogen-bond donors (Lipinski definition) is 0. The minimum absolute atomic E-state index is 0.00176. The zero-order valence-electron chi connectivity index (χ0n) is 16.0. The van der Waals surface area contributed by atoms with Crippen LogP contribution in [0.25, 0.3) is 41.1 Å². The lowest BCUT2D eigenvalue weighted by molar-refractivity contribution is 0.602. The van der Waals surface area contributed by atoms with Gasteiger partial charge in [-0.2, -0.15) is 0 Å². The van der Waals surface area contributed by atoms with E-state index >= 15 is 0 Å². The number of rotatable bonds is 3. The van der Waals surface area contributed by atoms with Gasteiger partial charge in [-0.1, -0.05) is 42.5 Å². The molecule has 0 fully saturated rings. The maximum absolute atomic E-state index is 13.5. The van der Waals surface area contributed by atoms with E-state index in [2.05, 4.69) is 12.1 Å². The molecule has 0 unspecified atom stereocenters. The molecule has 148 valence electrons.